The molecule has 0 saturated carbocycles. The summed E-state index contributed by atoms with van der Waals surface area (Å²) in [5.74, 6) is 0.576. The van der Waals surface area contributed by atoms with E-state index in [-0.39, 0.29) is 5.91 Å². The zero-order chi connectivity index (χ0) is 27.2. The number of likely N-dealkylation sites (N-methyl/N-ethyl adjacent to an activating group) is 1. The van der Waals surface area contributed by atoms with E-state index >= 15 is 0 Å². The fourth-order valence-corrected chi connectivity index (χ4v) is 6.66. The first-order valence-corrected chi connectivity index (χ1v) is 14.4. The van der Waals surface area contributed by atoms with Crippen molar-refractivity contribution in [3.63, 3.8) is 0 Å². The van der Waals surface area contributed by atoms with Crippen molar-refractivity contribution in [1.82, 2.24) is 34.5 Å². The molecule has 204 valence electrons. The van der Waals surface area contributed by atoms with E-state index in [2.05, 4.69) is 62.6 Å². The lowest BCUT2D eigenvalue weighted by molar-refractivity contribution is 0.0736. The lowest BCUT2D eigenvalue weighted by Gasteiger charge is -2.34. The average molecular weight is 554 g/mol. The van der Waals surface area contributed by atoms with Gasteiger partial charge in [-0.2, -0.15) is 10.1 Å². The quantitative estimate of drug-likeness (QED) is 0.338. The van der Waals surface area contributed by atoms with Crippen LogP contribution >= 0.6 is 11.3 Å². The second kappa shape index (κ2) is 10.1. The van der Waals surface area contributed by atoms with Crippen molar-refractivity contribution in [1.29, 1.82) is 0 Å². The van der Waals surface area contributed by atoms with Gasteiger partial charge in [0.15, 0.2) is 0 Å². The van der Waals surface area contributed by atoms with Crippen molar-refractivity contribution in [3.05, 3.63) is 71.0 Å². The third kappa shape index (κ3) is 4.71. The van der Waals surface area contributed by atoms with Gasteiger partial charge in [0.2, 0.25) is 5.95 Å². The summed E-state index contributed by atoms with van der Waals surface area (Å²) >= 11 is 1.76. The molecule has 1 amide bonds. The second-order valence-corrected chi connectivity index (χ2v) is 11.7. The number of aromatic amines is 1. The van der Waals surface area contributed by atoms with E-state index in [0.717, 1.165) is 59.9 Å². The van der Waals surface area contributed by atoms with Gasteiger partial charge in [-0.3, -0.25) is 9.48 Å². The number of hydrogen-bond donors (Lipinski definition) is 2. The fraction of sp³-hybridized carbons (Fsp3) is 0.310. The van der Waals surface area contributed by atoms with Crippen molar-refractivity contribution in [2.75, 3.05) is 50.0 Å². The Morgan fingerprint density at radius 2 is 1.93 bits per heavy atom. The molecule has 0 bridgehead atoms. The summed E-state index contributed by atoms with van der Waals surface area (Å²) < 4.78 is 1.66. The predicted octanol–water partition coefficient (Wildman–Crippen LogP) is 4.11. The molecule has 0 atom stereocenters. The number of aromatic nitrogens is 5. The number of hydrogen-bond acceptors (Lipinski definition) is 8. The number of anilines is 3. The monoisotopic (exact) mass is 553 g/mol. The Balaban J connectivity index is 1.15. The van der Waals surface area contributed by atoms with Crippen LogP contribution in [0.25, 0.3) is 21.6 Å². The van der Waals surface area contributed by atoms with Gasteiger partial charge in [0, 0.05) is 80.3 Å². The Kier molecular flexibility index (Phi) is 6.24. The molecule has 4 aromatic heterocycles. The molecule has 0 aliphatic carbocycles. The highest BCUT2D eigenvalue weighted by Gasteiger charge is 2.26. The standard InChI is InChI=1S/C29H31N9OS/c1-35-10-12-37(13-11-35)22-5-3-4-21(15-22)32-29-33-26(23-6-8-30-27(23)34-29)25-14-19-18-38(9-7-24(19)40-25)28(39)20-16-31-36(2)17-20/h3-6,8,14-17H,7,9-13,18H2,1-2H3,(H2,30,32,33,34). The Hall–Kier alpha value is -4.22. The van der Waals surface area contributed by atoms with Crippen molar-refractivity contribution < 1.29 is 4.79 Å². The third-order valence-corrected chi connectivity index (χ3v) is 8.97. The fourth-order valence-electron chi connectivity index (χ4n) is 5.50. The van der Waals surface area contributed by atoms with Crippen molar-refractivity contribution in [3.8, 4) is 10.6 Å². The number of aryl methyl sites for hydroxylation is 1. The molecule has 2 aliphatic rings. The van der Waals surface area contributed by atoms with Gasteiger partial charge in [0.05, 0.1) is 22.3 Å². The van der Waals surface area contributed by atoms with Crippen LogP contribution in [0.4, 0.5) is 17.3 Å². The molecule has 1 aromatic carbocycles. The number of thiophene rings is 1. The molecule has 0 unspecified atom stereocenters. The van der Waals surface area contributed by atoms with E-state index in [1.54, 1.807) is 28.4 Å². The van der Waals surface area contributed by atoms with Crippen LogP contribution < -0.4 is 10.2 Å². The molecule has 2 N–H and O–H groups in total. The highest BCUT2D eigenvalue weighted by molar-refractivity contribution is 7.15. The number of benzene rings is 1. The normalized spacial score (nSPS) is 15.9. The van der Waals surface area contributed by atoms with Crippen LogP contribution in [0, 0.1) is 0 Å². The van der Waals surface area contributed by atoms with Gasteiger partial charge in [-0.05, 0) is 49.4 Å². The van der Waals surface area contributed by atoms with E-state index in [1.165, 1.54) is 16.1 Å². The van der Waals surface area contributed by atoms with Crippen LogP contribution in [-0.2, 0) is 20.0 Å². The molecule has 7 rings (SSSR count). The Morgan fingerprint density at radius 3 is 2.75 bits per heavy atom. The van der Waals surface area contributed by atoms with Crippen LogP contribution in [0.2, 0.25) is 0 Å². The minimum atomic E-state index is 0.0202. The van der Waals surface area contributed by atoms with Crippen molar-refractivity contribution in [2.24, 2.45) is 7.05 Å². The summed E-state index contributed by atoms with van der Waals surface area (Å²) in [4.78, 5) is 35.1. The second-order valence-electron chi connectivity index (χ2n) is 10.5. The number of fused-ring (bicyclic) bond motifs is 2. The maximum Gasteiger partial charge on any atom is 0.257 e. The first-order chi connectivity index (χ1) is 19.5. The molecule has 10 nitrogen and oxygen atoms in total. The van der Waals surface area contributed by atoms with Crippen LogP contribution in [0.3, 0.4) is 0 Å². The first-order valence-electron chi connectivity index (χ1n) is 13.6. The van der Waals surface area contributed by atoms with Crippen LogP contribution in [0.15, 0.2) is 55.0 Å². The Bertz CT molecular complexity index is 1690. The molecular weight excluding hydrogens is 522 g/mol. The zero-order valence-corrected chi connectivity index (χ0v) is 23.4. The lowest BCUT2D eigenvalue weighted by atomic mass is 10.1. The SMILES string of the molecule is CN1CCN(c2cccc(Nc3nc(-c4cc5c(s4)CCN(C(=O)c4cnn(C)c4)C5)c4cc[nH]c4n3)c2)CC1. The number of piperazine rings is 1. The number of nitrogens with zero attached hydrogens (tertiary/aromatic N) is 7. The minimum absolute atomic E-state index is 0.0202. The van der Waals surface area contributed by atoms with Gasteiger partial charge in [0.1, 0.15) is 5.65 Å². The summed E-state index contributed by atoms with van der Waals surface area (Å²) in [5, 5.41) is 8.60. The largest absolute Gasteiger partial charge is 0.369 e. The third-order valence-electron chi connectivity index (χ3n) is 7.73. The topological polar surface area (TPSA) is 98.2 Å². The first kappa shape index (κ1) is 24.8. The average Bonchev–Trinajstić information content (AvgIpc) is 3.72. The van der Waals surface area contributed by atoms with Crippen LogP contribution in [0.5, 0.6) is 0 Å². The smallest absolute Gasteiger partial charge is 0.257 e. The molecule has 0 spiro atoms. The van der Waals surface area contributed by atoms with Crippen molar-refractivity contribution in [2.45, 2.75) is 13.0 Å². The maximum absolute atomic E-state index is 13.0. The number of rotatable bonds is 5. The van der Waals surface area contributed by atoms with E-state index < -0.39 is 0 Å². The molecule has 0 radical (unpaired) electrons. The molecule has 1 fully saturated rings. The summed E-state index contributed by atoms with van der Waals surface area (Å²) in [7, 11) is 4.00. The molecule has 11 heteroatoms. The Morgan fingerprint density at radius 1 is 1.05 bits per heavy atom. The number of nitrogens with one attached hydrogen (secondary N) is 2. The number of H-pyrrole nitrogens is 1. The van der Waals surface area contributed by atoms with Gasteiger partial charge >= 0.3 is 0 Å². The van der Waals surface area contributed by atoms with Gasteiger partial charge in [-0.15, -0.1) is 11.3 Å². The van der Waals surface area contributed by atoms with Gasteiger partial charge < -0.3 is 25.0 Å². The van der Waals surface area contributed by atoms with Gasteiger partial charge in [-0.25, -0.2) is 4.98 Å². The van der Waals surface area contributed by atoms with Crippen LogP contribution in [-0.4, -0.2) is 80.2 Å². The number of carbonyl (C=O) groups excluding carboxylic acids is 1. The van der Waals surface area contributed by atoms with E-state index in [0.29, 0.717) is 24.6 Å². The maximum atomic E-state index is 13.0. The molecule has 2 aliphatic heterocycles. The Labute approximate surface area is 236 Å². The molecular formula is C29H31N9OS. The zero-order valence-electron chi connectivity index (χ0n) is 22.6. The summed E-state index contributed by atoms with van der Waals surface area (Å²) in [6.45, 7) is 5.44. The predicted molar refractivity (Wildman–Crippen MR) is 158 cm³/mol. The number of amides is 1. The highest BCUT2D eigenvalue weighted by Crippen LogP contribution is 2.37. The summed E-state index contributed by atoms with van der Waals surface area (Å²) in [6, 6.07) is 12.7. The number of carbonyl (C=O) groups is 1. The lowest BCUT2D eigenvalue weighted by Crippen LogP contribution is -2.44. The van der Waals surface area contributed by atoms with Crippen LogP contribution in [0.1, 0.15) is 20.8 Å². The van der Waals surface area contributed by atoms with E-state index in [9.17, 15) is 4.79 Å². The van der Waals surface area contributed by atoms with Gasteiger partial charge in [-0.1, -0.05) is 6.07 Å². The summed E-state index contributed by atoms with van der Waals surface area (Å²) in [5.41, 5.74) is 5.66. The molecule has 40 heavy (non-hydrogen) atoms. The molecule has 6 heterocycles. The molecule has 1 saturated heterocycles. The highest BCUT2D eigenvalue weighted by atomic mass is 32.1. The van der Waals surface area contributed by atoms with E-state index in [1.807, 2.05) is 24.2 Å². The molecule has 5 aromatic rings. The van der Waals surface area contributed by atoms with Crippen molar-refractivity contribution >= 4 is 45.6 Å². The summed E-state index contributed by atoms with van der Waals surface area (Å²) in [6.07, 6.45) is 6.14. The van der Waals surface area contributed by atoms with Gasteiger partial charge in [0.25, 0.3) is 5.91 Å². The van der Waals surface area contributed by atoms with E-state index in [4.69, 9.17) is 9.97 Å². The minimum Gasteiger partial charge on any atom is -0.369 e.